The molecule has 2 unspecified atom stereocenters. The molecule has 0 saturated carbocycles. The van der Waals surface area contributed by atoms with Gasteiger partial charge in [0.15, 0.2) is 0 Å². The van der Waals surface area contributed by atoms with Crippen LogP contribution in [0.1, 0.15) is 13.8 Å². The highest BCUT2D eigenvalue weighted by Crippen LogP contribution is 2.04. The van der Waals surface area contributed by atoms with Gasteiger partial charge < -0.3 is 20.1 Å². The Kier molecular flexibility index (Phi) is 8.51. The third-order valence-corrected chi connectivity index (χ3v) is 2.74. The molecule has 0 bridgehead atoms. The predicted octanol–water partition coefficient (Wildman–Crippen LogP) is 0.184. The first-order valence-electron chi connectivity index (χ1n) is 5.78. The van der Waals surface area contributed by atoms with Crippen molar-refractivity contribution >= 4 is 18.3 Å². The van der Waals surface area contributed by atoms with Crippen molar-refractivity contribution in [3.8, 4) is 0 Å². The molecule has 1 amide bonds. The van der Waals surface area contributed by atoms with E-state index in [-0.39, 0.29) is 30.5 Å². The Balaban J connectivity index is 0.00000256. The van der Waals surface area contributed by atoms with Gasteiger partial charge in [0.25, 0.3) is 5.91 Å². The molecule has 0 aromatic rings. The van der Waals surface area contributed by atoms with Crippen molar-refractivity contribution in [2.75, 3.05) is 33.4 Å². The first-order valence-corrected chi connectivity index (χ1v) is 5.78. The first kappa shape index (κ1) is 16.6. The third kappa shape index (κ3) is 5.68. The molecule has 1 saturated heterocycles. The monoisotopic (exact) mass is 266 g/mol. The molecule has 1 heterocycles. The van der Waals surface area contributed by atoms with Gasteiger partial charge in [0.05, 0.1) is 12.7 Å². The smallest absolute Gasteiger partial charge is 0.250 e. The normalized spacial score (nSPS) is 21.8. The summed E-state index contributed by atoms with van der Waals surface area (Å²) in [6, 6.07) is 0. The quantitative estimate of drug-likeness (QED) is 0.746. The SMILES string of the molecule is COC(CNC(=O)C1CNCCO1)C(C)C.Cl. The molecule has 6 heteroatoms. The third-order valence-electron chi connectivity index (χ3n) is 2.74. The summed E-state index contributed by atoms with van der Waals surface area (Å²) in [7, 11) is 1.66. The Bertz CT molecular complexity index is 221. The van der Waals surface area contributed by atoms with Crippen LogP contribution in [0.5, 0.6) is 0 Å². The number of carbonyl (C=O) groups excluding carboxylic acids is 1. The van der Waals surface area contributed by atoms with E-state index >= 15 is 0 Å². The Morgan fingerprint density at radius 1 is 1.59 bits per heavy atom. The Labute approximate surface area is 109 Å². The summed E-state index contributed by atoms with van der Waals surface area (Å²) in [4.78, 5) is 11.7. The number of morpholine rings is 1. The zero-order valence-electron chi connectivity index (χ0n) is 10.7. The van der Waals surface area contributed by atoms with Crippen LogP contribution in [0.3, 0.4) is 0 Å². The lowest BCUT2D eigenvalue weighted by Gasteiger charge is -2.25. The summed E-state index contributed by atoms with van der Waals surface area (Å²) >= 11 is 0. The molecule has 2 N–H and O–H groups in total. The molecule has 1 aliphatic heterocycles. The topological polar surface area (TPSA) is 59.6 Å². The van der Waals surface area contributed by atoms with Crippen LogP contribution < -0.4 is 10.6 Å². The first-order chi connectivity index (χ1) is 7.65. The van der Waals surface area contributed by atoms with Crippen LogP contribution in [-0.2, 0) is 14.3 Å². The average molecular weight is 267 g/mol. The summed E-state index contributed by atoms with van der Waals surface area (Å²) in [6.07, 6.45) is -0.307. The number of nitrogens with one attached hydrogen (secondary N) is 2. The molecule has 0 aliphatic carbocycles. The van der Waals surface area contributed by atoms with Crippen LogP contribution in [-0.4, -0.2) is 51.5 Å². The van der Waals surface area contributed by atoms with E-state index in [0.29, 0.717) is 25.6 Å². The van der Waals surface area contributed by atoms with E-state index in [2.05, 4.69) is 24.5 Å². The molecule has 0 aromatic carbocycles. The van der Waals surface area contributed by atoms with Gasteiger partial charge in [-0.2, -0.15) is 0 Å². The van der Waals surface area contributed by atoms with Crippen LogP contribution in [0, 0.1) is 5.92 Å². The van der Waals surface area contributed by atoms with Crippen molar-refractivity contribution in [1.82, 2.24) is 10.6 Å². The minimum Gasteiger partial charge on any atom is -0.379 e. The highest BCUT2D eigenvalue weighted by Gasteiger charge is 2.22. The van der Waals surface area contributed by atoms with Crippen molar-refractivity contribution in [2.45, 2.75) is 26.1 Å². The highest BCUT2D eigenvalue weighted by molar-refractivity contribution is 5.85. The van der Waals surface area contributed by atoms with E-state index in [0.717, 1.165) is 6.54 Å². The van der Waals surface area contributed by atoms with Gasteiger partial charge in [0, 0.05) is 26.7 Å². The van der Waals surface area contributed by atoms with E-state index in [4.69, 9.17) is 9.47 Å². The maximum absolute atomic E-state index is 11.7. The van der Waals surface area contributed by atoms with Gasteiger partial charge in [-0.25, -0.2) is 0 Å². The van der Waals surface area contributed by atoms with Crippen LogP contribution in [0.15, 0.2) is 0 Å². The molecule has 0 spiro atoms. The fourth-order valence-electron chi connectivity index (χ4n) is 1.64. The Hall–Kier alpha value is -0.360. The second-order valence-corrected chi connectivity index (χ2v) is 4.33. The van der Waals surface area contributed by atoms with E-state index in [9.17, 15) is 4.79 Å². The molecule has 102 valence electrons. The van der Waals surface area contributed by atoms with Gasteiger partial charge in [-0.05, 0) is 5.92 Å². The van der Waals surface area contributed by atoms with Gasteiger partial charge in [0.2, 0.25) is 0 Å². The van der Waals surface area contributed by atoms with Crippen LogP contribution in [0.4, 0.5) is 0 Å². The van der Waals surface area contributed by atoms with E-state index in [1.807, 2.05) is 0 Å². The molecule has 17 heavy (non-hydrogen) atoms. The van der Waals surface area contributed by atoms with E-state index < -0.39 is 0 Å². The average Bonchev–Trinajstić information content (AvgIpc) is 2.30. The van der Waals surface area contributed by atoms with Crippen molar-refractivity contribution in [1.29, 1.82) is 0 Å². The molecule has 0 aromatic heterocycles. The Morgan fingerprint density at radius 2 is 2.29 bits per heavy atom. The summed E-state index contributed by atoms with van der Waals surface area (Å²) in [5.41, 5.74) is 0. The maximum atomic E-state index is 11.7. The minimum absolute atomic E-state index is 0. The Morgan fingerprint density at radius 3 is 2.76 bits per heavy atom. The van der Waals surface area contributed by atoms with E-state index in [1.165, 1.54) is 0 Å². The zero-order valence-corrected chi connectivity index (χ0v) is 11.5. The molecule has 5 nitrogen and oxygen atoms in total. The number of rotatable bonds is 5. The van der Waals surface area contributed by atoms with Gasteiger partial charge >= 0.3 is 0 Å². The number of methoxy groups -OCH3 is 1. The van der Waals surface area contributed by atoms with Crippen LogP contribution >= 0.6 is 12.4 Å². The fraction of sp³-hybridized carbons (Fsp3) is 0.909. The van der Waals surface area contributed by atoms with Crippen LogP contribution in [0.2, 0.25) is 0 Å². The minimum atomic E-state index is -0.363. The number of halogens is 1. The molecule has 1 aliphatic rings. The fourth-order valence-corrected chi connectivity index (χ4v) is 1.64. The predicted molar refractivity (Wildman–Crippen MR) is 68.5 cm³/mol. The van der Waals surface area contributed by atoms with Crippen molar-refractivity contribution in [3.05, 3.63) is 0 Å². The number of amides is 1. The molecule has 1 rings (SSSR count). The second kappa shape index (κ2) is 8.69. The van der Waals surface area contributed by atoms with Crippen molar-refractivity contribution < 1.29 is 14.3 Å². The number of carbonyl (C=O) groups is 1. The lowest BCUT2D eigenvalue weighted by atomic mass is 10.1. The number of ether oxygens (including phenoxy) is 2. The molecule has 1 fully saturated rings. The molecular formula is C11H23ClN2O3. The lowest BCUT2D eigenvalue weighted by Crippen LogP contribution is -2.49. The number of hydrogen-bond acceptors (Lipinski definition) is 4. The summed E-state index contributed by atoms with van der Waals surface area (Å²) in [5.74, 6) is 0.325. The summed E-state index contributed by atoms with van der Waals surface area (Å²) in [5, 5.41) is 5.98. The summed E-state index contributed by atoms with van der Waals surface area (Å²) < 4.78 is 10.6. The molecule has 0 radical (unpaired) electrons. The lowest BCUT2D eigenvalue weighted by molar-refractivity contribution is -0.134. The molecule has 2 atom stereocenters. The molecular weight excluding hydrogens is 244 g/mol. The second-order valence-electron chi connectivity index (χ2n) is 4.33. The number of hydrogen-bond donors (Lipinski definition) is 2. The van der Waals surface area contributed by atoms with E-state index in [1.54, 1.807) is 7.11 Å². The highest BCUT2D eigenvalue weighted by atomic mass is 35.5. The van der Waals surface area contributed by atoms with Gasteiger partial charge in [-0.3, -0.25) is 4.79 Å². The largest absolute Gasteiger partial charge is 0.379 e. The van der Waals surface area contributed by atoms with Gasteiger partial charge in [-0.1, -0.05) is 13.8 Å². The van der Waals surface area contributed by atoms with Gasteiger partial charge in [0.1, 0.15) is 6.10 Å². The van der Waals surface area contributed by atoms with Crippen LogP contribution in [0.25, 0.3) is 0 Å². The maximum Gasteiger partial charge on any atom is 0.250 e. The summed E-state index contributed by atoms with van der Waals surface area (Å²) in [6.45, 7) is 6.67. The standard InChI is InChI=1S/C11H22N2O3.ClH/c1-8(2)9(15-3)7-13-11(14)10-6-12-4-5-16-10;/h8-10,12H,4-7H2,1-3H3,(H,13,14);1H. The zero-order chi connectivity index (χ0) is 12.0. The van der Waals surface area contributed by atoms with Gasteiger partial charge in [-0.15, -0.1) is 12.4 Å². The van der Waals surface area contributed by atoms with Crippen molar-refractivity contribution in [3.63, 3.8) is 0 Å². The van der Waals surface area contributed by atoms with Crippen molar-refractivity contribution in [2.24, 2.45) is 5.92 Å².